The number of carbonyl (C=O) groups excluding carboxylic acids is 1. The lowest BCUT2D eigenvalue weighted by Crippen LogP contribution is -2.24. The molecule has 0 radical (unpaired) electrons. The highest BCUT2D eigenvalue weighted by Gasteiger charge is 2.27. The van der Waals surface area contributed by atoms with Crippen LogP contribution in [0.4, 0.5) is 5.95 Å². The summed E-state index contributed by atoms with van der Waals surface area (Å²) < 4.78 is 2.14. The van der Waals surface area contributed by atoms with Crippen LogP contribution < -0.4 is 5.32 Å². The predicted molar refractivity (Wildman–Crippen MR) is 92.5 cm³/mol. The van der Waals surface area contributed by atoms with E-state index in [-0.39, 0.29) is 11.3 Å². The first-order valence-corrected chi connectivity index (χ1v) is 8.55. The first-order valence-electron chi connectivity index (χ1n) is 8.55. The number of rotatable bonds is 4. The van der Waals surface area contributed by atoms with Gasteiger partial charge in [0.05, 0.1) is 0 Å². The molecule has 0 bridgehead atoms. The molecule has 2 aromatic rings. The van der Waals surface area contributed by atoms with E-state index < -0.39 is 0 Å². The summed E-state index contributed by atoms with van der Waals surface area (Å²) in [5, 5.41) is 3.02. The Balaban J connectivity index is 1.97. The Labute approximate surface area is 137 Å². The standard InChI is InChI=1S/C18H26N4O/c1-5-12-9-10-14-16(19-12)22(13-7-6-8-13)17(20-14)21-15(23)11-18(2,3)4/h9-10,13H,5-8,11H2,1-4H3,(H,20,21,23). The van der Waals surface area contributed by atoms with Crippen molar-refractivity contribution in [3.63, 3.8) is 0 Å². The maximum absolute atomic E-state index is 12.3. The van der Waals surface area contributed by atoms with Crippen molar-refractivity contribution in [3.05, 3.63) is 17.8 Å². The summed E-state index contributed by atoms with van der Waals surface area (Å²) in [5.74, 6) is 0.670. The van der Waals surface area contributed by atoms with Crippen LogP contribution >= 0.6 is 0 Å². The van der Waals surface area contributed by atoms with Crippen LogP contribution in [0.3, 0.4) is 0 Å². The van der Waals surface area contributed by atoms with E-state index in [9.17, 15) is 4.79 Å². The van der Waals surface area contributed by atoms with Crippen LogP contribution in [-0.4, -0.2) is 20.4 Å². The molecule has 124 valence electrons. The molecule has 0 atom stereocenters. The highest BCUT2D eigenvalue weighted by Crippen LogP contribution is 2.36. The van der Waals surface area contributed by atoms with Crippen molar-refractivity contribution >= 4 is 23.0 Å². The van der Waals surface area contributed by atoms with Crippen LogP contribution in [0.1, 0.15) is 65.1 Å². The van der Waals surface area contributed by atoms with Gasteiger partial charge in [-0.25, -0.2) is 9.97 Å². The normalized spacial score (nSPS) is 15.7. The van der Waals surface area contributed by atoms with Gasteiger partial charge in [-0.05, 0) is 43.2 Å². The molecular weight excluding hydrogens is 288 g/mol. The van der Waals surface area contributed by atoms with Gasteiger partial charge in [0.2, 0.25) is 11.9 Å². The second-order valence-electron chi connectivity index (χ2n) is 7.67. The Kier molecular flexibility index (Phi) is 4.13. The fourth-order valence-electron chi connectivity index (χ4n) is 2.94. The number of aromatic nitrogens is 3. The molecule has 1 aliphatic rings. The van der Waals surface area contributed by atoms with Gasteiger partial charge in [-0.1, -0.05) is 27.7 Å². The fourth-order valence-corrected chi connectivity index (χ4v) is 2.94. The minimum atomic E-state index is -0.0367. The average molecular weight is 314 g/mol. The van der Waals surface area contributed by atoms with Gasteiger partial charge in [-0.3, -0.25) is 14.7 Å². The van der Waals surface area contributed by atoms with Crippen molar-refractivity contribution in [2.45, 2.75) is 65.8 Å². The minimum Gasteiger partial charge on any atom is -0.296 e. The molecular formula is C18H26N4O. The van der Waals surface area contributed by atoms with E-state index >= 15 is 0 Å². The van der Waals surface area contributed by atoms with Gasteiger partial charge in [0, 0.05) is 18.2 Å². The summed E-state index contributed by atoms with van der Waals surface area (Å²) in [7, 11) is 0. The zero-order valence-corrected chi connectivity index (χ0v) is 14.5. The molecule has 1 amide bonds. The molecule has 1 fully saturated rings. The third-order valence-electron chi connectivity index (χ3n) is 4.34. The number of fused-ring (bicyclic) bond motifs is 1. The van der Waals surface area contributed by atoms with Crippen molar-refractivity contribution in [2.75, 3.05) is 5.32 Å². The average Bonchev–Trinajstić information content (AvgIpc) is 2.72. The van der Waals surface area contributed by atoms with Crippen LogP contribution in [-0.2, 0) is 11.2 Å². The topological polar surface area (TPSA) is 59.8 Å². The van der Waals surface area contributed by atoms with Crippen molar-refractivity contribution in [3.8, 4) is 0 Å². The monoisotopic (exact) mass is 314 g/mol. The number of amides is 1. The van der Waals surface area contributed by atoms with Gasteiger partial charge >= 0.3 is 0 Å². The van der Waals surface area contributed by atoms with E-state index in [1.807, 2.05) is 12.1 Å². The number of pyridine rings is 1. The molecule has 5 heteroatoms. The molecule has 23 heavy (non-hydrogen) atoms. The fraction of sp³-hybridized carbons (Fsp3) is 0.611. The van der Waals surface area contributed by atoms with Crippen molar-refractivity contribution in [2.24, 2.45) is 5.41 Å². The highest BCUT2D eigenvalue weighted by atomic mass is 16.1. The second-order valence-corrected chi connectivity index (χ2v) is 7.67. The van der Waals surface area contributed by atoms with E-state index in [4.69, 9.17) is 4.98 Å². The largest absolute Gasteiger partial charge is 0.296 e. The molecule has 1 aliphatic carbocycles. The summed E-state index contributed by atoms with van der Waals surface area (Å²) in [4.78, 5) is 21.7. The van der Waals surface area contributed by atoms with Gasteiger partial charge < -0.3 is 0 Å². The number of hydrogen-bond acceptors (Lipinski definition) is 3. The first-order chi connectivity index (χ1) is 10.9. The molecule has 1 N–H and O–H groups in total. The van der Waals surface area contributed by atoms with Crippen molar-refractivity contribution in [1.82, 2.24) is 14.5 Å². The SMILES string of the molecule is CCc1ccc2nc(NC(=O)CC(C)(C)C)n(C3CCC3)c2n1. The molecule has 2 aromatic heterocycles. The Hall–Kier alpha value is -1.91. The molecule has 0 aromatic carbocycles. The maximum Gasteiger partial charge on any atom is 0.227 e. The quantitative estimate of drug-likeness (QED) is 0.924. The van der Waals surface area contributed by atoms with Crippen molar-refractivity contribution < 1.29 is 4.79 Å². The zero-order valence-electron chi connectivity index (χ0n) is 14.5. The summed E-state index contributed by atoms with van der Waals surface area (Å²) in [6, 6.07) is 4.43. The molecule has 1 saturated carbocycles. The molecule has 0 spiro atoms. The lowest BCUT2D eigenvalue weighted by atomic mass is 9.92. The third kappa shape index (κ3) is 3.38. The number of carbonyl (C=O) groups is 1. The predicted octanol–water partition coefficient (Wildman–Crippen LogP) is 4.09. The van der Waals surface area contributed by atoms with Crippen LogP contribution in [0.15, 0.2) is 12.1 Å². The van der Waals surface area contributed by atoms with Gasteiger partial charge in [0.25, 0.3) is 0 Å². The summed E-state index contributed by atoms with van der Waals surface area (Å²) >= 11 is 0. The lowest BCUT2D eigenvalue weighted by molar-refractivity contribution is -0.117. The van der Waals surface area contributed by atoms with Gasteiger partial charge in [0.1, 0.15) is 5.52 Å². The van der Waals surface area contributed by atoms with E-state index in [0.29, 0.717) is 18.4 Å². The van der Waals surface area contributed by atoms with Crippen LogP contribution in [0.2, 0.25) is 0 Å². The van der Waals surface area contributed by atoms with Gasteiger partial charge in [0.15, 0.2) is 5.65 Å². The van der Waals surface area contributed by atoms with Crippen LogP contribution in [0.5, 0.6) is 0 Å². The lowest BCUT2D eigenvalue weighted by Gasteiger charge is -2.28. The van der Waals surface area contributed by atoms with Crippen molar-refractivity contribution in [1.29, 1.82) is 0 Å². The highest BCUT2D eigenvalue weighted by molar-refractivity contribution is 5.91. The van der Waals surface area contributed by atoms with E-state index in [0.717, 1.165) is 36.1 Å². The molecule has 3 rings (SSSR count). The number of nitrogens with one attached hydrogen (secondary N) is 1. The Morgan fingerprint density at radius 2 is 2.04 bits per heavy atom. The summed E-state index contributed by atoms with van der Waals surface area (Å²) in [6.45, 7) is 8.30. The number of anilines is 1. The Bertz CT molecular complexity index is 722. The smallest absolute Gasteiger partial charge is 0.227 e. The molecule has 5 nitrogen and oxygen atoms in total. The van der Waals surface area contributed by atoms with E-state index in [1.165, 1.54) is 6.42 Å². The van der Waals surface area contributed by atoms with E-state index in [1.54, 1.807) is 0 Å². The number of aryl methyl sites for hydroxylation is 1. The molecule has 0 aliphatic heterocycles. The van der Waals surface area contributed by atoms with E-state index in [2.05, 4.69) is 42.6 Å². The van der Waals surface area contributed by atoms with Crippen LogP contribution in [0.25, 0.3) is 11.2 Å². The number of hydrogen-bond donors (Lipinski definition) is 1. The third-order valence-corrected chi connectivity index (χ3v) is 4.34. The second kappa shape index (κ2) is 5.95. The number of nitrogens with zero attached hydrogens (tertiary/aromatic N) is 3. The molecule has 0 unspecified atom stereocenters. The zero-order chi connectivity index (χ0) is 16.6. The Morgan fingerprint density at radius 1 is 1.30 bits per heavy atom. The van der Waals surface area contributed by atoms with Gasteiger partial charge in [-0.2, -0.15) is 0 Å². The minimum absolute atomic E-state index is 0.0177. The maximum atomic E-state index is 12.3. The summed E-state index contributed by atoms with van der Waals surface area (Å²) in [6.07, 6.45) is 4.87. The first kappa shape index (κ1) is 16.0. The Morgan fingerprint density at radius 3 is 2.61 bits per heavy atom. The van der Waals surface area contributed by atoms with Crippen LogP contribution in [0, 0.1) is 5.41 Å². The van der Waals surface area contributed by atoms with Gasteiger partial charge in [-0.15, -0.1) is 0 Å². The molecule has 0 saturated heterocycles. The molecule has 2 heterocycles. The number of imidazole rings is 1. The summed E-state index contributed by atoms with van der Waals surface area (Å²) in [5.41, 5.74) is 2.79.